The second-order valence-corrected chi connectivity index (χ2v) is 6.73. The van der Waals surface area contributed by atoms with Crippen molar-refractivity contribution in [1.29, 1.82) is 0 Å². The van der Waals surface area contributed by atoms with Crippen LogP contribution in [0.5, 0.6) is 0 Å². The maximum absolute atomic E-state index is 9.82. The Balaban J connectivity index is 1.82. The van der Waals surface area contributed by atoms with Crippen molar-refractivity contribution in [1.82, 2.24) is 14.8 Å². The molecule has 0 fully saturated rings. The van der Waals surface area contributed by atoms with Gasteiger partial charge in [0, 0.05) is 48.2 Å². The normalized spacial score (nSPS) is 15.2. The van der Waals surface area contributed by atoms with Crippen LogP contribution < -0.4 is 0 Å². The summed E-state index contributed by atoms with van der Waals surface area (Å²) in [5.41, 5.74) is 7.78. The Morgan fingerprint density at radius 1 is 1.08 bits per heavy atom. The highest BCUT2D eigenvalue weighted by Gasteiger charge is 2.26. The molecule has 0 spiro atoms. The summed E-state index contributed by atoms with van der Waals surface area (Å²) >= 11 is 0. The first-order valence-corrected chi connectivity index (χ1v) is 9.07. The van der Waals surface area contributed by atoms with Crippen molar-refractivity contribution >= 4 is 5.71 Å². The van der Waals surface area contributed by atoms with Gasteiger partial charge in [-0.2, -0.15) is 5.10 Å². The molecule has 0 amide bonds. The second kappa shape index (κ2) is 6.75. The van der Waals surface area contributed by atoms with Crippen molar-refractivity contribution in [3.05, 3.63) is 60.0 Å². The lowest BCUT2D eigenvalue weighted by molar-refractivity contribution is -0.754. The van der Waals surface area contributed by atoms with Gasteiger partial charge in [0.25, 0.3) is 0 Å². The van der Waals surface area contributed by atoms with E-state index in [2.05, 4.69) is 36.3 Å². The Hall–Kier alpha value is -2.95. The van der Waals surface area contributed by atoms with Gasteiger partial charge in [0.2, 0.25) is 5.71 Å². The number of hydrogen-bond acceptors (Lipinski definition) is 3. The summed E-state index contributed by atoms with van der Waals surface area (Å²) in [6.07, 6.45) is 8.62. The first-order valence-electron chi connectivity index (χ1n) is 9.07. The van der Waals surface area contributed by atoms with E-state index in [1.807, 2.05) is 16.8 Å². The molecule has 0 bridgehead atoms. The lowest BCUT2D eigenvalue weighted by Gasteiger charge is -2.05. The molecule has 1 aromatic carbocycles. The van der Waals surface area contributed by atoms with E-state index in [1.165, 1.54) is 15.9 Å². The van der Waals surface area contributed by atoms with Gasteiger partial charge >= 0.3 is 0 Å². The minimum Gasteiger partial charge on any atom is -0.291 e. The van der Waals surface area contributed by atoms with E-state index in [4.69, 9.17) is 5.10 Å². The van der Waals surface area contributed by atoms with Crippen LogP contribution in [0.2, 0.25) is 0 Å². The van der Waals surface area contributed by atoms with E-state index < -0.39 is 0 Å². The first-order chi connectivity index (χ1) is 12.7. The van der Waals surface area contributed by atoms with Crippen LogP contribution in [0, 0.1) is 0 Å². The molecule has 2 heterocycles. The van der Waals surface area contributed by atoms with E-state index in [-0.39, 0.29) is 0 Å². The molecule has 0 unspecified atom stereocenters. The van der Waals surface area contributed by atoms with Crippen LogP contribution in [-0.2, 0) is 13.0 Å². The van der Waals surface area contributed by atoms with Gasteiger partial charge in [0.1, 0.15) is 5.69 Å². The summed E-state index contributed by atoms with van der Waals surface area (Å²) in [6.45, 7) is 3.06. The number of aromatic nitrogens is 3. The van der Waals surface area contributed by atoms with E-state index >= 15 is 0 Å². The van der Waals surface area contributed by atoms with Gasteiger partial charge in [0.15, 0.2) is 7.05 Å². The number of rotatable bonds is 4. The largest absolute Gasteiger partial charge is 0.291 e. The molecule has 0 saturated carbocycles. The quantitative estimate of drug-likeness (QED) is 0.444. The Morgan fingerprint density at radius 3 is 2.62 bits per heavy atom. The lowest BCUT2D eigenvalue weighted by Crippen LogP contribution is -2.11. The second-order valence-electron chi connectivity index (χ2n) is 6.73. The van der Waals surface area contributed by atoms with E-state index in [0.717, 1.165) is 53.9 Å². The summed E-state index contributed by atoms with van der Waals surface area (Å²) in [4.78, 5) is 4.12. The van der Waals surface area contributed by atoms with E-state index in [1.54, 1.807) is 19.4 Å². The molecular weight excluding hydrogens is 324 g/mol. The summed E-state index contributed by atoms with van der Waals surface area (Å²) in [6, 6.07) is 10.5. The fraction of sp³-hybridized carbons (Fsp3) is 0.286. The van der Waals surface area contributed by atoms with Crippen molar-refractivity contribution in [2.45, 2.75) is 32.7 Å². The number of nitrogens with zero attached hydrogens (tertiary/aromatic N) is 4. The predicted molar refractivity (Wildman–Crippen MR) is 102 cm³/mol. The minimum atomic E-state index is 0.873. The van der Waals surface area contributed by atoms with Gasteiger partial charge in [-0.1, -0.05) is 19.1 Å². The molecule has 0 aliphatic heterocycles. The standard InChI is InChI=1S/C21H23N4O/c1-3-12-25-14-19(21(23-25)15-8-10-22-11-9-15)17-4-6-18-16(13-17)5-7-20(18)24(2)26/h4,6,8-11,13-14,26H,3,5,7,12H2,1-2H3/q+1. The molecule has 4 rings (SSSR count). The summed E-state index contributed by atoms with van der Waals surface area (Å²) in [5.74, 6) is 0. The topological polar surface area (TPSA) is 54.0 Å². The smallest absolute Gasteiger partial charge is 0.234 e. The lowest BCUT2D eigenvalue weighted by atomic mass is 9.98. The highest BCUT2D eigenvalue weighted by molar-refractivity contribution is 6.01. The van der Waals surface area contributed by atoms with Crippen molar-refractivity contribution in [2.75, 3.05) is 7.05 Å². The summed E-state index contributed by atoms with van der Waals surface area (Å²) in [5, 5.41) is 14.6. The van der Waals surface area contributed by atoms with Gasteiger partial charge < -0.3 is 0 Å². The Bertz CT molecular complexity index is 969. The third-order valence-corrected chi connectivity index (χ3v) is 4.92. The molecule has 132 valence electrons. The van der Waals surface area contributed by atoms with E-state index in [9.17, 15) is 5.21 Å². The zero-order valence-corrected chi connectivity index (χ0v) is 15.2. The first kappa shape index (κ1) is 16.5. The summed E-state index contributed by atoms with van der Waals surface area (Å²) in [7, 11) is 1.69. The SMILES string of the molecule is CCCn1cc(-c2ccc3c(c2)CC/C3=[N+](\C)O)c(-c2ccncc2)n1. The fourth-order valence-electron chi connectivity index (χ4n) is 3.67. The third kappa shape index (κ3) is 2.90. The third-order valence-electron chi connectivity index (χ3n) is 4.92. The molecule has 26 heavy (non-hydrogen) atoms. The number of fused-ring (bicyclic) bond motifs is 1. The van der Waals surface area contributed by atoms with E-state index in [0.29, 0.717) is 0 Å². The van der Waals surface area contributed by atoms with Gasteiger partial charge in [-0.25, -0.2) is 0 Å². The number of hydrogen-bond donors (Lipinski definition) is 1. The van der Waals surface area contributed by atoms with Crippen LogP contribution in [0.15, 0.2) is 48.9 Å². The molecule has 5 heteroatoms. The fourth-order valence-corrected chi connectivity index (χ4v) is 3.67. The summed E-state index contributed by atoms with van der Waals surface area (Å²) < 4.78 is 3.27. The molecule has 1 aliphatic rings. The zero-order chi connectivity index (χ0) is 18.1. The van der Waals surface area contributed by atoms with Gasteiger partial charge in [-0.15, -0.1) is 0 Å². The van der Waals surface area contributed by atoms with Crippen LogP contribution >= 0.6 is 0 Å². The van der Waals surface area contributed by atoms with Crippen LogP contribution in [-0.4, -0.2) is 37.5 Å². The number of benzene rings is 1. The number of aryl methyl sites for hydroxylation is 2. The Labute approximate surface area is 153 Å². The van der Waals surface area contributed by atoms with Crippen LogP contribution in [0.1, 0.15) is 30.9 Å². The van der Waals surface area contributed by atoms with Crippen molar-refractivity contribution in [3.8, 4) is 22.4 Å². The number of pyridine rings is 1. The maximum Gasteiger partial charge on any atom is 0.234 e. The van der Waals surface area contributed by atoms with Crippen LogP contribution in [0.3, 0.4) is 0 Å². The van der Waals surface area contributed by atoms with Gasteiger partial charge in [0.05, 0.1) is 0 Å². The molecular formula is C21H23N4O+. The Kier molecular flexibility index (Phi) is 4.29. The highest BCUT2D eigenvalue weighted by atomic mass is 16.5. The number of hydroxylamine groups is 1. The van der Waals surface area contributed by atoms with Crippen LogP contribution in [0.25, 0.3) is 22.4 Å². The molecule has 1 aliphatic carbocycles. The molecule has 0 saturated heterocycles. The zero-order valence-electron chi connectivity index (χ0n) is 15.2. The molecule has 1 N–H and O–H groups in total. The average Bonchev–Trinajstić information content (AvgIpc) is 3.26. The minimum absolute atomic E-state index is 0.873. The van der Waals surface area contributed by atoms with Gasteiger partial charge in [-0.05, 0) is 46.9 Å². The van der Waals surface area contributed by atoms with Crippen molar-refractivity contribution in [3.63, 3.8) is 0 Å². The van der Waals surface area contributed by atoms with Crippen molar-refractivity contribution < 1.29 is 9.95 Å². The molecule has 5 nitrogen and oxygen atoms in total. The molecule has 0 radical (unpaired) electrons. The predicted octanol–water partition coefficient (Wildman–Crippen LogP) is 3.79. The monoisotopic (exact) mass is 347 g/mol. The van der Waals surface area contributed by atoms with Crippen molar-refractivity contribution in [2.24, 2.45) is 0 Å². The average molecular weight is 347 g/mol. The Morgan fingerprint density at radius 2 is 1.88 bits per heavy atom. The van der Waals surface area contributed by atoms with Gasteiger partial charge in [-0.3, -0.25) is 14.9 Å². The molecule has 3 aromatic rings. The molecule has 2 aromatic heterocycles. The highest BCUT2D eigenvalue weighted by Crippen LogP contribution is 2.34. The molecule has 0 atom stereocenters. The maximum atomic E-state index is 9.82. The van der Waals surface area contributed by atoms with Crippen LogP contribution in [0.4, 0.5) is 0 Å².